The minimum atomic E-state index is -4.46. The van der Waals surface area contributed by atoms with Gasteiger partial charge in [-0.25, -0.2) is 22.5 Å². The minimum Gasteiger partial charge on any atom is -0.420 e. The van der Waals surface area contributed by atoms with Crippen LogP contribution in [0.15, 0.2) is 36.8 Å². The predicted octanol–water partition coefficient (Wildman–Crippen LogP) is 2.48. The first-order valence-electron chi connectivity index (χ1n) is 37.2. The number of hydrogen-bond acceptors (Lipinski definition) is 31. The SMILES string of the molecule is O=C(CCOCCOCCOCCOCCOCCOCCOCCOCCOCCOCCOCCOCCOCCOCCOCCOCCn1cc(CCCCn2ccc(C(=O)N3CCCC4(C3)CN(c3nc(Cl)nc5c3cnn5[C@@H]3O[C@H](COCP(=O)(O)O)[C@@H](O)[C@H]3O)C4)n2)nn1)Oc1c(F)cc(F)cc1F. The van der Waals surface area contributed by atoms with Gasteiger partial charge >= 0.3 is 13.6 Å². The van der Waals surface area contributed by atoms with Gasteiger partial charge in [-0.15, -0.1) is 5.10 Å². The van der Waals surface area contributed by atoms with Gasteiger partial charge in [-0.3, -0.25) is 18.8 Å². The van der Waals surface area contributed by atoms with Gasteiger partial charge in [0.15, 0.2) is 23.5 Å². The first kappa shape index (κ1) is 90.8. The molecule has 0 unspecified atom stereocenters. The number of hydrogen-bond donors (Lipinski definition) is 4. The van der Waals surface area contributed by atoms with E-state index in [0.29, 0.717) is 260 Å². The van der Waals surface area contributed by atoms with Crippen molar-refractivity contribution in [2.24, 2.45) is 5.41 Å². The van der Waals surface area contributed by atoms with Gasteiger partial charge in [-0.05, 0) is 49.8 Å². The van der Waals surface area contributed by atoms with Crippen LogP contribution < -0.4 is 9.64 Å². The average molecular weight is 1630 g/mol. The number of fused-ring (bicyclic) bond motifs is 1. The third kappa shape index (κ3) is 34.3. The lowest BCUT2D eigenvalue weighted by atomic mass is 9.73. The topological polar surface area (TPSA) is 406 Å². The van der Waals surface area contributed by atoms with E-state index in [4.69, 9.17) is 107 Å². The summed E-state index contributed by atoms with van der Waals surface area (Å²) in [6.07, 6.45) is 3.15. The summed E-state index contributed by atoms with van der Waals surface area (Å²) < 4.78 is 160. The number of aryl methyl sites for hydroxylation is 2. The number of piperidine rings is 1. The Hall–Kier alpha value is -5.71. The molecule has 1 aromatic carbocycles. The molecule has 7 heterocycles. The fourth-order valence-electron chi connectivity index (χ4n) is 11.6. The summed E-state index contributed by atoms with van der Waals surface area (Å²) in [6.45, 7) is 16.1. The van der Waals surface area contributed by atoms with Crippen LogP contribution >= 0.6 is 19.2 Å². The molecule has 0 radical (unpaired) electrons. The van der Waals surface area contributed by atoms with Gasteiger partial charge in [0.1, 0.15) is 42.0 Å². The average Bonchev–Trinajstić information content (AvgIpc) is 1.71. The highest BCUT2D eigenvalue weighted by Crippen LogP contribution is 2.44. The highest BCUT2D eigenvalue weighted by molar-refractivity contribution is 7.51. The molecule has 4 N–H and O–H groups in total. The van der Waals surface area contributed by atoms with Crippen molar-refractivity contribution < 1.29 is 137 Å². The molecule has 626 valence electrons. The number of aromatic nitrogens is 9. The number of nitrogens with zero attached hydrogens (tertiary/aromatic N) is 11. The second kappa shape index (κ2) is 52.0. The number of esters is 1. The van der Waals surface area contributed by atoms with Crippen LogP contribution in [0.5, 0.6) is 5.75 Å². The molecule has 3 aliphatic rings. The van der Waals surface area contributed by atoms with Crippen molar-refractivity contribution >= 4 is 47.9 Å². The van der Waals surface area contributed by atoms with Crippen LogP contribution in [0.3, 0.4) is 0 Å². The fraction of sp³-hybridized carbons (Fsp3) is 0.739. The summed E-state index contributed by atoms with van der Waals surface area (Å²) in [5, 5.41) is 39.6. The summed E-state index contributed by atoms with van der Waals surface area (Å²) in [5.41, 5.74) is 1.35. The number of likely N-dealkylation sites (tertiary alicyclic amines) is 1. The van der Waals surface area contributed by atoms with Gasteiger partial charge in [0.25, 0.3) is 5.91 Å². The van der Waals surface area contributed by atoms with Crippen LogP contribution in [0, 0.1) is 22.9 Å². The molecular weight excluding hydrogens is 1520 g/mol. The van der Waals surface area contributed by atoms with Crippen LogP contribution in [0.1, 0.15) is 54.5 Å². The van der Waals surface area contributed by atoms with Crippen molar-refractivity contribution in [2.45, 2.75) is 76.2 Å². The third-order valence-corrected chi connectivity index (χ3v) is 17.7. The largest absolute Gasteiger partial charge is 0.420 e. The molecule has 3 aliphatic heterocycles. The zero-order valence-corrected chi connectivity index (χ0v) is 64.1. The molecule has 5 aromatic rings. The Bertz CT molecular complexity index is 3440. The number of amides is 1. The molecule has 111 heavy (non-hydrogen) atoms. The summed E-state index contributed by atoms with van der Waals surface area (Å²) >= 11 is 6.43. The maximum atomic E-state index is 13.8. The first-order chi connectivity index (χ1) is 54.0. The van der Waals surface area contributed by atoms with Gasteiger partial charge in [0.2, 0.25) is 11.0 Å². The van der Waals surface area contributed by atoms with E-state index >= 15 is 0 Å². The monoisotopic (exact) mass is 1630 g/mol. The molecule has 42 heteroatoms. The molecule has 0 aliphatic carbocycles. The first-order valence-corrected chi connectivity index (χ1v) is 39.3. The van der Waals surface area contributed by atoms with E-state index in [1.54, 1.807) is 15.4 Å². The molecule has 0 bridgehead atoms. The number of aliphatic hydroxyl groups excluding tert-OH is 2. The van der Waals surface area contributed by atoms with Gasteiger partial charge in [0.05, 0.1) is 248 Å². The van der Waals surface area contributed by atoms with E-state index in [0.717, 1.165) is 37.8 Å². The molecule has 3 fully saturated rings. The van der Waals surface area contributed by atoms with Gasteiger partial charge in [-0.1, -0.05) is 5.21 Å². The van der Waals surface area contributed by atoms with Crippen molar-refractivity contribution in [3.05, 3.63) is 70.9 Å². The third-order valence-electron chi connectivity index (χ3n) is 17.0. The Morgan fingerprint density at radius 1 is 0.595 bits per heavy atom. The number of halogens is 4. The van der Waals surface area contributed by atoms with Crippen molar-refractivity contribution in [2.75, 3.05) is 255 Å². The Labute approximate surface area is 645 Å². The van der Waals surface area contributed by atoms with Crippen molar-refractivity contribution in [3.8, 4) is 5.75 Å². The Balaban J connectivity index is 0.494. The van der Waals surface area contributed by atoms with E-state index in [9.17, 15) is 37.5 Å². The molecular formula is C69H106ClF3N11O26P. The van der Waals surface area contributed by atoms with E-state index in [1.807, 2.05) is 17.3 Å². The molecule has 37 nitrogen and oxygen atoms in total. The Morgan fingerprint density at radius 3 is 1.56 bits per heavy atom. The van der Waals surface area contributed by atoms with Crippen molar-refractivity contribution in [1.29, 1.82) is 0 Å². The summed E-state index contributed by atoms with van der Waals surface area (Å²) in [4.78, 5) is 56.6. The van der Waals surface area contributed by atoms with E-state index in [2.05, 4.69) is 40.1 Å². The zero-order chi connectivity index (χ0) is 78.6. The van der Waals surface area contributed by atoms with E-state index in [-0.39, 0.29) is 55.1 Å². The Morgan fingerprint density at radius 2 is 1.07 bits per heavy atom. The molecule has 3 saturated heterocycles. The van der Waals surface area contributed by atoms with Crippen LogP contribution in [-0.2, 0) is 114 Å². The lowest BCUT2D eigenvalue weighted by molar-refractivity contribution is -0.136. The maximum absolute atomic E-state index is 13.8. The van der Waals surface area contributed by atoms with Crippen LogP contribution in [0.4, 0.5) is 19.0 Å². The maximum Gasteiger partial charge on any atom is 0.350 e. The number of anilines is 1. The summed E-state index contributed by atoms with van der Waals surface area (Å²) in [7, 11) is -4.46. The number of unbranched alkanes of at least 4 members (excludes halogenated alkanes) is 1. The molecule has 0 saturated carbocycles. The van der Waals surface area contributed by atoms with E-state index < -0.39 is 67.7 Å². The fourth-order valence-corrected chi connectivity index (χ4v) is 12.1. The quantitative estimate of drug-likeness (QED) is 0.0143. The number of aliphatic hydroxyl groups is 2. The number of carbonyl (C=O) groups is 2. The molecule has 1 amide bonds. The lowest BCUT2D eigenvalue weighted by Gasteiger charge is -2.55. The number of ether oxygens (including phenoxy) is 19. The van der Waals surface area contributed by atoms with Crippen molar-refractivity contribution in [1.82, 2.24) is 49.4 Å². The molecule has 8 rings (SSSR count). The minimum absolute atomic E-state index is 0.0497. The van der Waals surface area contributed by atoms with Crippen LogP contribution in [-0.4, -0.2) is 350 Å². The van der Waals surface area contributed by atoms with E-state index in [1.165, 1.54) is 10.9 Å². The second-order valence-electron chi connectivity index (χ2n) is 25.7. The van der Waals surface area contributed by atoms with Gasteiger partial charge in [-0.2, -0.15) is 20.2 Å². The van der Waals surface area contributed by atoms with Gasteiger partial charge < -0.3 is 120 Å². The number of benzene rings is 1. The highest BCUT2D eigenvalue weighted by Gasteiger charge is 2.49. The molecule has 4 aromatic heterocycles. The zero-order valence-electron chi connectivity index (χ0n) is 62.4. The van der Waals surface area contributed by atoms with Crippen LogP contribution in [0.2, 0.25) is 5.28 Å². The van der Waals surface area contributed by atoms with Crippen molar-refractivity contribution in [3.63, 3.8) is 0 Å². The number of rotatable bonds is 64. The second-order valence-corrected chi connectivity index (χ2v) is 27.6. The Kier molecular flexibility index (Phi) is 42.5. The normalized spacial score (nSPS) is 17.2. The number of carbonyl (C=O) groups excluding carboxylic acids is 2. The highest BCUT2D eigenvalue weighted by atomic mass is 35.5. The van der Waals surface area contributed by atoms with Crippen LogP contribution in [0.25, 0.3) is 11.0 Å². The molecule has 4 atom stereocenters. The van der Waals surface area contributed by atoms with Gasteiger partial charge in [0, 0.05) is 62.7 Å². The predicted molar refractivity (Wildman–Crippen MR) is 384 cm³/mol. The summed E-state index contributed by atoms with van der Waals surface area (Å²) in [5.74, 6) is -5.21. The summed E-state index contributed by atoms with van der Waals surface area (Å²) in [6, 6.07) is 2.61. The smallest absolute Gasteiger partial charge is 0.350 e. The lowest BCUT2D eigenvalue weighted by Crippen LogP contribution is -2.64. The molecule has 1 spiro atoms. The standard InChI is InChI=1S/C69H106ClF3N11O26P/c70-68-75-64(55-46-74-84(65(55)76-68)67-62(87)61(86)59(109-67)48-108-52-111(89,90)91)81-50-69(51-81)7-3-8-80(49-69)66(88)58-5-10-82(78-58)9-2-1-4-54-47-83(79-77-54)11-13-93-15-17-95-19-21-97-23-25-99-27-29-101-31-33-103-35-37-105-39-41-107-43-42-106-40-38-104-36-34-102-32-30-100-28-26-98-24-22-96-20-18-94-16-14-92-12-6-60(85)110-63-56(72)44-53(71)45-57(63)73/h5,10,44-47,59,61-62,67,86-87H,1-4,6-9,11-43,48-52H2,(H2,89,90,91)/t59-,61-,62-,67-/m1/s1.